The largest absolute Gasteiger partial charge is 0.465 e. The molecular formula is C14H21NO3. The van der Waals surface area contributed by atoms with Crippen LogP contribution in [0.15, 0.2) is 28.9 Å². The zero-order chi connectivity index (χ0) is 13.4. The van der Waals surface area contributed by atoms with Gasteiger partial charge in [-0.3, -0.25) is 4.79 Å². The van der Waals surface area contributed by atoms with Gasteiger partial charge in [0.15, 0.2) is 0 Å². The molecule has 1 aromatic rings. The monoisotopic (exact) mass is 251 g/mol. The van der Waals surface area contributed by atoms with Gasteiger partial charge in [-0.15, -0.1) is 0 Å². The van der Waals surface area contributed by atoms with Gasteiger partial charge in [-0.1, -0.05) is 13.8 Å². The first-order chi connectivity index (χ1) is 8.65. The third kappa shape index (κ3) is 4.04. The summed E-state index contributed by atoms with van der Waals surface area (Å²) in [6.07, 6.45) is 6.28. The van der Waals surface area contributed by atoms with Crippen molar-refractivity contribution in [3.63, 3.8) is 0 Å². The van der Waals surface area contributed by atoms with Crippen LogP contribution in [-0.4, -0.2) is 24.2 Å². The molecule has 0 spiro atoms. The van der Waals surface area contributed by atoms with Gasteiger partial charge < -0.3 is 14.8 Å². The predicted molar refractivity (Wildman–Crippen MR) is 70.9 cm³/mol. The Balaban J connectivity index is 2.45. The summed E-state index contributed by atoms with van der Waals surface area (Å²) in [4.78, 5) is 11.6. The highest BCUT2D eigenvalue weighted by Gasteiger charge is 2.25. The molecule has 0 fully saturated rings. The van der Waals surface area contributed by atoms with Crippen LogP contribution in [0.5, 0.6) is 0 Å². The molecule has 4 heteroatoms. The van der Waals surface area contributed by atoms with Crippen molar-refractivity contribution in [3.05, 3.63) is 30.2 Å². The Hall–Kier alpha value is -1.55. The molecule has 0 aliphatic carbocycles. The average molecular weight is 251 g/mol. The van der Waals surface area contributed by atoms with E-state index in [1.807, 2.05) is 13.8 Å². The van der Waals surface area contributed by atoms with Crippen molar-refractivity contribution in [2.24, 2.45) is 5.41 Å². The average Bonchev–Trinajstić information content (AvgIpc) is 2.92. The lowest BCUT2D eigenvalue weighted by Crippen LogP contribution is -2.38. The molecular weight excluding hydrogens is 230 g/mol. The number of carbonyl (C=O) groups excluding carboxylic acids is 1. The second-order valence-electron chi connectivity index (χ2n) is 4.43. The van der Waals surface area contributed by atoms with Crippen LogP contribution in [0.25, 0.3) is 6.08 Å². The van der Waals surface area contributed by atoms with E-state index >= 15 is 0 Å². The molecule has 1 amide bonds. The van der Waals surface area contributed by atoms with Gasteiger partial charge in [0, 0.05) is 18.0 Å². The Labute approximate surface area is 108 Å². The first-order valence-corrected chi connectivity index (χ1v) is 6.26. The maximum absolute atomic E-state index is 11.6. The van der Waals surface area contributed by atoms with Gasteiger partial charge in [0.05, 0.1) is 12.9 Å². The van der Waals surface area contributed by atoms with Gasteiger partial charge >= 0.3 is 0 Å². The van der Waals surface area contributed by atoms with Gasteiger partial charge in [-0.05, 0) is 31.1 Å². The molecule has 0 bridgehead atoms. The Morgan fingerprint density at radius 2 is 2.22 bits per heavy atom. The molecule has 1 rings (SSSR count). The van der Waals surface area contributed by atoms with E-state index in [2.05, 4.69) is 5.32 Å². The molecule has 2 N–H and O–H groups in total. The molecule has 4 nitrogen and oxygen atoms in total. The molecule has 0 radical (unpaired) electrons. The van der Waals surface area contributed by atoms with Gasteiger partial charge in [0.2, 0.25) is 5.91 Å². The molecule has 1 heterocycles. The van der Waals surface area contributed by atoms with Crippen molar-refractivity contribution in [1.29, 1.82) is 0 Å². The maximum atomic E-state index is 11.6. The zero-order valence-corrected chi connectivity index (χ0v) is 11.0. The maximum Gasteiger partial charge on any atom is 0.244 e. The second kappa shape index (κ2) is 7.01. The van der Waals surface area contributed by atoms with Crippen LogP contribution < -0.4 is 5.32 Å². The number of rotatable bonds is 7. The molecule has 0 unspecified atom stereocenters. The molecule has 0 aliphatic heterocycles. The van der Waals surface area contributed by atoms with Crippen LogP contribution in [0.4, 0.5) is 0 Å². The molecule has 0 saturated heterocycles. The van der Waals surface area contributed by atoms with Gasteiger partial charge in [-0.25, -0.2) is 0 Å². The lowest BCUT2D eigenvalue weighted by atomic mass is 9.83. The first kappa shape index (κ1) is 14.5. The van der Waals surface area contributed by atoms with Crippen molar-refractivity contribution >= 4 is 12.0 Å². The van der Waals surface area contributed by atoms with Crippen molar-refractivity contribution in [3.8, 4) is 0 Å². The summed E-state index contributed by atoms with van der Waals surface area (Å²) in [5, 5.41) is 12.2. The first-order valence-electron chi connectivity index (χ1n) is 6.26. The highest BCUT2D eigenvalue weighted by molar-refractivity contribution is 5.91. The lowest BCUT2D eigenvalue weighted by molar-refractivity contribution is -0.117. The van der Waals surface area contributed by atoms with Crippen LogP contribution in [-0.2, 0) is 4.79 Å². The van der Waals surface area contributed by atoms with Crippen LogP contribution in [0.3, 0.4) is 0 Å². The molecule has 0 saturated carbocycles. The molecule has 1 aromatic heterocycles. The predicted octanol–water partition coefficient (Wildman–Crippen LogP) is 2.21. The topological polar surface area (TPSA) is 62.5 Å². The van der Waals surface area contributed by atoms with Crippen molar-refractivity contribution in [2.45, 2.75) is 26.7 Å². The summed E-state index contributed by atoms with van der Waals surface area (Å²) in [6.45, 7) is 4.61. The smallest absolute Gasteiger partial charge is 0.244 e. The second-order valence-corrected chi connectivity index (χ2v) is 4.43. The van der Waals surface area contributed by atoms with Gasteiger partial charge in [-0.2, -0.15) is 0 Å². The standard InChI is InChI=1S/C14H21NO3/c1-3-14(4-2,11-16)10-15-13(17)8-7-12-6-5-9-18-12/h5-9,16H,3-4,10-11H2,1-2H3,(H,15,17)/b8-7+. The molecule has 0 atom stereocenters. The summed E-state index contributed by atoms with van der Waals surface area (Å²) in [5.41, 5.74) is -0.214. The van der Waals surface area contributed by atoms with E-state index in [1.165, 1.54) is 6.08 Å². The highest BCUT2D eigenvalue weighted by Crippen LogP contribution is 2.24. The number of aliphatic hydroxyl groups excluding tert-OH is 1. The number of hydrogen-bond acceptors (Lipinski definition) is 3. The summed E-state index contributed by atoms with van der Waals surface area (Å²) in [6, 6.07) is 3.54. The van der Waals surface area contributed by atoms with Crippen LogP contribution >= 0.6 is 0 Å². The fourth-order valence-electron chi connectivity index (χ4n) is 1.66. The fraction of sp³-hybridized carbons (Fsp3) is 0.500. The van der Waals surface area contributed by atoms with E-state index in [0.29, 0.717) is 12.3 Å². The van der Waals surface area contributed by atoms with Gasteiger partial charge in [0.1, 0.15) is 5.76 Å². The summed E-state index contributed by atoms with van der Waals surface area (Å²) < 4.78 is 5.09. The number of amides is 1. The number of carbonyl (C=O) groups is 1. The Morgan fingerprint density at radius 1 is 1.50 bits per heavy atom. The molecule has 0 aliphatic rings. The normalized spacial score (nSPS) is 11.9. The van der Waals surface area contributed by atoms with E-state index in [-0.39, 0.29) is 17.9 Å². The number of nitrogens with one attached hydrogen (secondary N) is 1. The van der Waals surface area contributed by atoms with E-state index in [0.717, 1.165) is 12.8 Å². The van der Waals surface area contributed by atoms with E-state index < -0.39 is 0 Å². The Kier molecular flexibility index (Phi) is 5.65. The van der Waals surface area contributed by atoms with Crippen molar-refractivity contribution < 1.29 is 14.3 Å². The fourth-order valence-corrected chi connectivity index (χ4v) is 1.66. The summed E-state index contributed by atoms with van der Waals surface area (Å²) in [5.74, 6) is 0.468. The van der Waals surface area contributed by atoms with E-state index in [9.17, 15) is 9.90 Å². The minimum absolute atomic E-state index is 0.0855. The van der Waals surface area contributed by atoms with E-state index in [4.69, 9.17) is 4.42 Å². The quantitative estimate of drug-likeness (QED) is 0.730. The number of furan rings is 1. The number of aliphatic hydroxyl groups is 1. The minimum atomic E-state index is -0.214. The van der Waals surface area contributed by atoms with E-state index in [1.54, 1.807) is 24.5 Å². The third-order valence-electron chi connectivity index (χ3n) is 3.42. The van der Waals surface area contributed by atoms with Crippen molar-refractivity contribution in [1.82, 2.24) is 5.32 Å². The van der Waals surface area contributed by atoms with Gasteiger partial charge in [0.25, 0.3) is 0 Å². The number of hydrogen-bond donors (Lipinski definition) is 2. The Morgan fingerprint density at radius 3 is 2.72 bits per heavy atom. The molecule has 100 valence electrons. The van der Waals surface area contributed by atoms with Crippen LogP contribution in [0, 0.1) is 5.41 Å². The molecule has 18 heavy (non-hydrogen) atoms. The summed E-state index contributed by atoms with van der Waals surface area (Å²) >= 11 is 0. The third-order valence-corrected chi connectivity index (χ3v) is 3.42. The van der Waals surface area contributed by atoms with Crippen molar-refractivity contribution in [2.75, 3.05) is 13.2 Å². The minimum Gasteiger partial charge on any atom is -0.465 e. The SMILES string of the molecule is CCC(CC)(CO)CNC(=O)/C=C/c1ccco1. The highest BCUT2D eigenvalue weighted by atomic mass is 16.3. The summed E-state index contributed by atoms with van der Waals surface area (Å²) in [7, 11) is 0. The van der Waals surface area contributed by atoms with Crippen LogP contribution in [0.2, 0.25) is 0 Å². The lowest BCUT2D eigenvalue weighted by Gasteiger charge is -2.29. The van der Waals surface area contributed by atoms with Crippen LogP contribution in [0.1, 0.15) is 32.4 Å². The molecule has 0 aromatic carbocycles. The Bertz CT molecular complexity index is 369. The zero-order valence-electron chi connectivity index (χ0n) is 11.0.